The topological polar surface area (TPSA) is 58.5 Å². The predicted octanol–water partition coefficient (Wildman–Crippen LogP) is 1.08. The number of aryl methyl sites for hydroxylation is 1. The monoisotopic (exact) mass is 196 g/mol. The summed E-state index contributed by atoms with van der Waals surface area (Å²) in [7, 11) is -3.49. The van der Waals surface area contributed by atoms with Crippen molar-refractivity contribution in [1.29, 1.82) is 0 Å². The van der Waals surface area contributed by atoms with Gasteiger partial charge in [0.2, 0.25) is 0 Å². The lowest BCUT2D eigenvalue weighted by Crippen LogP contribution is -2.15. The second-order valence-electron chi connectivity index (χ2n) is 2.90. The largest absolute Gasteiger partial charge is 0.342 e. The Hall–Kier alpha value is -1.36. The van der Waals surface area contributed by atoms with Crippen LogP contribution < -0.4 is 4.72 Å². The summed E-state index contributed by atoms with van der Waals surface area (Å²) < 4.78 is 27.7. The molecule has 0 atom stereocenters. The molecule has 0 saturated heterocycles. The van der Waals surface area contributed by atoms with Gasteiger partial charge < -0.3 is 0 Å². The molecule has 1 heterocycles. The molecule has 68 valence electrons. The number of fused-ring (bicyclic) bond motifs is 1. The number of nitrogens with zero attached hydrogens (tertiary/aromatic N) is 1. The van der Waals surface area contributed by atoms with Crippen LogP contribution in [0.1, 0.15) is 11.1 Å². The van der Waals surface area contributed by atoms with Crippen molar-refractivity contribution in [1.82, 2.24) is 0 Å². The van der Waals surface area contributed by atoms with Crippen LogP contribution in [0.25, 0.3) is 0 Å². The molecule has 0 bridgehead atoms. The number of hydrogen-bond donors (Lipinski definition) is 1. The zero-order valence-electron chi connectivity index (χ0n) is 6.98. The van der Waals surface area contributed by atoms with E-state index in [0.717, 1.165) is 11.1 Å². The van der Waals surface area contributed by atoms with Gasteiger partial charge in [-0.3, -0.25) is 4.72 Å². The van der Waals surface area contributed by atoms with Gasteiger partial charge in [-0.15, -0.1) is 0 Å². The molecule has 1 aliphatic rings. The first-order valence-corrected chi connectivity index (χ1v) is 5.20. The van der Waals surface area contributed by atoms with Gasteiger partial charge in [0, 0.05) is 5.56 Å². The van der Waals surface area contributed by atoms with E-state index in [4.69, 9.17) is 0 Å². The summed E-state index contributed by atoms with van der Waals surface area (Å²) in [6.45, 7) is 1.94. The number of rotatable bonds is 0. The molecular formula is C8H8N2O2S. The first-order chi connectivity index (χ1) is 6.07. The van der Waals surface area contributed by atoms with E-state index in [2.05, 4.69) is 9.12 Å². The highest BCUT2D eigenvalue weighted by atomic mass is 32.2. The first-order valence-electron chi connectivity index (χ1n) is 3.75. The number of benzene rings is 1. The summed E-state index contributed by atoms with van der Waals surface area (Å²) in [6.07, 6.45) is 1.36. The maximum absolute atomic E-state index is 11.0. The van der Waals surface area contributed by atoms with E-state index in [0.29, 0.717) is 5.69 Å². The van der Waals surface area contributed by atoms with Crippen molar-refractivity contribution < 1.29 is 8.42 Å². The molecule has 4 nitrogen and oxygen atoms in total. The van der Waals surface area contributed by atoms with Crippen LogP contribution in [0.2, 0.25) is 0 Å². The second-order valence-corrected chi connectivity index (χ2v) is 4.27. The predicted molar refractivity (Wildman–Crippen MR) is 51.3 cm³/mol. The summed E-state index contributed by atoms with van der Waals surface area (Å²) in [4.78, 5) is 0. The van der Waals surface area contributed by atoms with Crippen LogP contribution in [0.3, 0.4) is 0 Å². The van der Waals surface area contributed by atoms with Crippen molar-refractivity contribution in [3.8, 4) is 0 Å². The lowest BCUT2D eigenvalue weighted by molar-refractivity contribution is 0.603. The summed E-state index contributed by atoms with van der Waals surface area (Å²) in [5.41, 5.74) is 2.46. The highest BCUT2D eigenvalue weighted by Gasteiger charge is 2.14. The fraction of sp³-hybridized carbons (Fsp3) is 0.125. The molecule has 0 saturated carbocycles. The van der Waals surface area contributed by atoms with Gasteiger partial charge in [0.1, 0.15) is 0 Å². The van der Waals surface area contributed by atoms with E-state index >= 15 is 0 Å². The fourth-order valence-corrected chi connectivity index (χ4v) is 1.94. The van der Waals surface area contributed by atoms with Crippen molar-refractivity contribution in [2.45, 2.75) is 6.92 Å². The Labute approximate surface area is 76.5 Å². The number of hydrogen-bond acceptors (Lipinski definition) is 2. The van der Waals surface area contributed by atoms with Crippen molar-refractivity contribution >= 4 is 22.1 Å². The van der Waals surface area contributed by atoms with E-state index in [9.17, 15) is 8.42 Å². The van der Waals surface area contributed by atoms with Crippen LogP contribution in [0, 0.1) is 6.92 Å². The first kappa shape index (κ1) is 8.25. The normalized spacial score (nSPS) is 17.6. The molecule has 0 spiro atoms. The van der Waals surface area contributed by atoms with Crippen LogP contribution >= 0.6 is 0 Å². The van der Waals surface area contributed by atoms with Gasteiger partial charge in [0.25, 0.3) is 0 Å². The van der Waals surface area contributed by atoms with Gasteiger partial charge in [-0.2, -0.15) is 12.8 Å². The minimum Gasteiger partial charge on any atom is -0.265 e. The fourth-order valence-electron chi connectivity index (χ4n) is 1.17. The van der Waals surface area contributed by atoms with Gasteiger partial charge in [-0.1, -0.05) is 11.6 Å². The summed E-state index contributed by atoms with van der Waals surface area (Å²) >= 11 is 0. The van der Waals surface area contributed by atoms with Crippen LogP contribution in [-0.2, 0) is 10.2 Å². The van der Waals surface area contributed by atoms with E-state index < -0.39 is 10.2 Å². The Morgan fingerprint density at radius 3 is 2.92 bits per heavy atom. The van der Waals surface area contributed by atoms with Crippen LogP contribution in [0.15, 0.2) is 22.6 Å². The third-order valence-corrected chi connectivity index (χ3v) is 2.64. The Morgan fingerprint density at radius 2 is 2.15 bits per heavy atom. The summed E-state index contributed by atoms with van der Waals surface area (Å²) in [5, 5.41) is 0. The zero-order valence-corrected chi connectivity index (χ0v) is 7.80. The molecule has 1 aliphatic heterocycles. The highest BCUT2D eigenvalue weighted by Crippen LogP contribution is 2.20. The molecule has 0 aromatic heterocycles. The maximum Gasteiger partial charge on any atom is 0.342 e. The highest BCUT2D eigenvalue weighted by molar-refractivity contribution is 7.91. The van der Waals surface area contributed by atoms with E-state index in [-0.39, 0.29) is 0 Å². The van der Waals surface area contributed by atoms with Gasteiger partial charge in [0.05, 0.1) is 11.9 Å². The SMILES string of the molecule is Cc1ccc2c(c1)C=NS(=O)(=O)N2. The summed E-state index contributed by atoms with van der Waals surface area (Å²) in [5.74, 6) is 0. The molecule has 2 rings (SSSR count). The van der Waals surface area contributed by atoms with Crippen molar-refractivity contribution in [3.63, 3.8) is 0 Å². The van der Waals surface area contributed by atoms with Gasteiger partial charge in [0.15, 0.2) is 0 Å². The maximum atomic E-state index is 11.0. The molecular weight excluding hydrogens is 188 g/mol. The van der Waals surface area contributed by atoms with Gasteiger partial charge in [-0.25, -0.2) is 0 Å². The average Bonchev–Trinajstić information content (AvgIpc) is 2.05. The number of nitrogens with one attached hydrogen (secondary N) is 1. The molecule has 0 amide bonds. The molecule has 1 aromatic rings. The molecule has 0 fully saturated rings. The zero-order chi connectivity index (χ0) is 9.47. The Morgan fingerprint density at radius 1 is 1.38 bits per heavy atom. The standard InChI is InChI=1S/C8H8N2O2S/c1-6-2-3-8-7(4-6)5-9-13(11,12)10-8/h2-5,10H,1H3. The van der Waals surface area contributed by atoms with Crippen LogP contribution in [0.5, 0.6) is 0 Å². The molecule has 13 heavy (non-hydrogen) atoms. The minimum atomic E-state index is -3.49. The third-order valence-electron chi connectivity index (χ3n) is 1.78. The smallest absolute Gasteiger partial charge is 0.265 e. The van der Waals surface area contributed by atoms with Crippen LogP contribution in [0.4, 0.5) is 5.69 Å². The molecule has 0 unspecified atom stereocenters. The molecule has 1 aromatic carbocycles. The summed E-state index contributed by atoms with van der Waals surface area (Å²) in [6, 6.07) is 5.45. The van der Waals surface area contributed by atoms with E-state index in [1.165, 1.54) is 6.21 Å². The van der Waals surface area contributed by atoms with Gasteiger partial charge in [-0.05, 0) is 19.1 Å². The van der Waals surface area contributed by atoms with E-state index in [1.807, 2.05) is 19.1 Å². The number of anilines is 1. The molecule has 0 radical (unpaired) electrons. The average molecular weight is 196 g/mol. The molecule has 1 N–H and O–H groups in total. The lowest BCUT2D eigenvalue weighted by atomic mass is 10.1. The van der Waals surface area contributed by atoms with Crippen molar-refractivity contribution in [2.75, 3.05) is 4.72 Å². The van der Waals surface area contributed by atoms with Crippen molar-refractivity contribution in [3.05, 3.63) is 29.3 Å². The minimum absolute atomic E-state index is 0.584. The lowest BCUT2D eigenvalue weighted by Gasteiger charge is -2.12. The van der Waals surface area contributed by atoms with Crippen molar-refractivity contribution in [2.24, 2.45) is 4.40 Å². The third kappa shape index (κ3) is 1.55. The Kier molecular flexibility index (Phi) is 1.63. The Bertz CT molecular complexity index is 477. The van der Waals surface area contributed by atoms with Crippen LogP contribution in [-0.4, -0.2) is 14.6 Å². The quantitative estimate of drug-likeness (QED) is 0.675. The Balaban J connectivity index is 2.59. The van der Waals surface area contributed by atoms with E-state index in [1.54, 1.807) is 6.07 Å². The second kappa shape index (κ2) is 2.56. The van der Waals surface area contributed by atoms with Gasteiger partial charge >= 0.3 is 10.2 Å². The molecule has 5 heteroatoms. The molecule has 0 aliphatic carbocycles.